The number of hydrogen-bond donors (Lipinski definition) is 0. The largest absolute Gasteiger partial charge is 0.293 e. The van der Waals surface area contributed by atoms with Gasteiger partial charge < -0.3 is 0 Å². The molecule has 36 heavy (non-hydrogen) atoms. The number of pyridine rings is 1. The van der Waals surface area contributed by atoms with Gasteiger partial charge in [0.25, 0.3) is 0 Å². The molecular formula is C34H24N2. The minimum absolute atomic E-state index is 0.0869. The lowest BCUT2D eigenvalue weighted by molar-refractivity contribution is 0.661. The van der Waals surface area contributed by atoms with Crippen molar-refractivity contribution in [3.63, 3.8) is 0 Å². The van der Waals surface area contributed by atoms with E-state index >= 15 is 0 Å². The molecule has 2 aromatic heterocycles. The molecule has 2 heterocycles. The van der Waals surface area contributed by atoms with Gasteiger partial charge in [0.1, 0.15) is 5.82 Å². The second-order valence-electron chi connectivity index (χ2n) is 10.4. The quantitative estimate of drug-likeness (QED) is 0.239. The van der Waals surface area contributed by atoms with Crippen molar-refractivity contribution in [3.05, 3.63) is 120 Å². The van der Waals surface area contributed by atoms with Crippen LogP contribution >= 0.6 is 0 Å². The van der Waals surface area contributed by atoms with E-state index in [0.717, 1.165) is 11.2 Å². The number of nitrogens with zero attached hydrogens (tertiary/aromatic N) is 2. The maximum atomic E-state index is 4.99. The van der Waals surface area contributed by atoms with Crippen molar-refractivity contribution >= 4 is 43.4 Å². The maximum absolute atomic E-state index is 4.99. The zero-order chi connectivity index (χ0) is 24.0. The molecule has 1 aliphatic rings. The van der Waals surface area contributed by atoms with Gasteiger partial charge >= 0.3 is 0 Å². The summed E-state index contributed by atoms with van der Waals surface area (Å²) < 4.78 is 2.42. The average molecular weight is 461 g/mol. The van der Waals surface area contributed by atoms with E-state index < -0.39 is 0 Å². The first-order chi connectivity index (χ1) is 17.6. The molecule has 170 valence electrons. The van der Waals surface area contributed by atoms with Crippen molar-refractivity contribution in [2.24, 2.45) is 0 Å². The Balaban J connectivity index is 1.65. The predicted octanol–water partition coefficient (Wildman–Crippen LogP) is 8.79. The summed E-state index contributed by atoms with van der Waals surface area (Å²) in [5, 5.41) is 7.50. The number of aromatic nitrogens is 2. The molecular weight excluding hydrogens is 436 g/mol. The molecule has 0 amide bonds. The molecule has 0 bridgehead atoms. The van der Waals surface area contributed by atoms with Crippen molar-refractivity contribution in [3.8, 4) is 16.9 Å². The van der Waals surface area contributed by atoms with Crippen molar-refractivity contribution in [2.75, 3.05) is 0 Å². The first-order valence-electron chi connectivity index (χ1n) is 12.6. The highest BCUT2D eigenvalue weighted by Crippen LogP contribution is 2.55. The zero-order valence-electron chi connectivity index (χ0n) is 20.3. The van der Waals surface area contributed by atoms with E-state index in [1.807, 2.05) is 6.20 Å². The van der Waals surface area contributed by atoms with Crippen LogP contribution in [0.1, 0.15) is 25.0 Å². The highest BCUT2D eigenvalue weighted by molar-refractivity contribution is 6.18. The van der Waals surface area contributed by atoms with E-state index in [1.54, 1.807) is 0 Å². The molecule has 2 heteroatoms. The van der Waals surface area contributed by atoms with Gasteiger partial charge in [0.2, 0.25) is 0 Å². The number of fused-ring (bicyclic) bond motifs is 10. The average Bonchev–Trinajstić information content (AvgIpc) is 3.37. The van der Waals surface area contributed by atoms with E-state index in [1.165, 1.54) is 60.2 Å². The summed E-state index contributed by atoms with van der Waals surface area (Å²) in [4.78, 5) is 4.99. The molecule has 0 saturated heterocycles. The van der Waals surface area contributed by atoms with Crippen molar-refractivity contribution < 1.29 is 0 Å². The Morgan fingerprint density at radius 1 is 0.556 bits per heavy atom. The van der Waals surface area contributed by atoms with Gasteiger partial charge in [0, 0.05) is 33.3 Å². The Bertz CT molecular complexity index is 2020. The van der Waals surface area contributed by atoms with Gasteiger partial charge in [-0.3, -0.25) is 4.57 Å². The first-order valence-corrected chi connectivity index (χ1v) is 12.6. The van der Waals surface area contributed by atoms with Crippen molar-refractivity contribution in [1.29, 1.82) is 0 Å². The van der Waals surface area contributed by atoms with Crippen LogP contribution in [0.2, 0.25) is 0 Å². The lowest BCUT2D eigenvalue weighted by atomic mass is 9.82. The number of benzene rings is 5. The second kappa shape index (κ2) is 6.83. The van der Waals surface area contributed by atoms with Crippen LogP contribution in [0.25, 0.3) is 60.3 Å². The zero-order valence-corrected chi connectivity index (χ0v) is 20.3. The Morgan fingerprint density at radius 2 is 1.19 bits per heavy atom. The Morgan fingerprint density at radius 3 is 2.03 bits per heavy atom. The molecule has 0 atom stereocenters. The normalized spacial score (nSPS) is 14.1. The Kier molecular flexibility index (Phi) is 3.76. The summed E-state index contributed by atoms with van der Waals surface area (Å²) in [6.07, 6.45) is 1.94. The van der Waals surface area contributed by atoms with Crippen LogP contribution in [0.3, 0.4) is 0 Å². The van der Waals surface area contributed by atoms with Crippen LogP contribution in [0.4, 0.5) is 0 Å². The molecule has 0 radical (unpaired) electrons. The number of hydrogen-bond acceptors (Lipinski definition) is 1. The molecule has 0 spiro atoms. The summed E-state index contributed by atoms with van der Waals surface area (Å²) in [5.74, 6) is 0.985. The summed E-state index contributed by atoms with van der Waals surface area (Å²) in [6.45, 7) is 4.73. The van der Waals surface area contributed by atoms with Crippen LogP contribution in [0, 0.1) is 0 Å². The van der Waals surface area contributed by atoms with Crippen molar-refractivity contribution in [2.45, 2.75) is 19.3 Å². The molecule has 2 nitrogen and oxygen atoms in total. The molecule has 0 saturated carbocycles. The molecule has 0 N–H and O–H groups in total. The summed E-state index contributed by atoms with van der Waals surface area (Å²) >= 11 is 0. The van der Waals surface area contributed by atoms with Crippen LogP contribution in [0.15, 0.2) is 109 Å². The number of rotatable bonds is 1. The van der Waals surface area contributed by atoms with E-state index in [4.69, 9.17) is 4.98 Å². The van der Waals surface area contributed by atoms with Gasteiger partial charge in [-0.1, -0.05) is 105 Å². The lowest BCUT2D eigenvalue weighted by Crippen LogP contribution is -2.14. The molecule has 5 aromatic carbocycles. The highest BCUT2D eigenvalue weighted by atomic mass is 15.1. The summed E-state index contributed by atoms with van der Waals surface area (Å²) in [5.41, 5.74) is 7.84. The minimum atomic E-state index is -0.0869. The first kappa shape index (κ1) is 19.8. The molecule has 8 rings (SSSR count). The monoisotopic (exact) mass is 460 g/mol. The maximum Gasteiger partial charge on any atom is 0.145 e. The third-order valence-corrected chi connectivity index (χ3v) is 8.23. The Hall–Kier alpha value is -4.43. The number of para-hydroxylation sites is 1. The lowest BCUT2D eigenvalue weighted by Gasteiger charge is -2.21. The SMILES string of the molecule is CC1(C)c2ccc3ccccc3c2-c2c1ccc1c3ccccc3n(-c3nccc4ccccc34)c21. The van der Waals surface area contributed by atoms with Crippen LogP contribution in [-0.2, 0) is 5.41 Å². The minimum Gasteiger partial charge on any atom is -0.293 e. The van der Waals surface area contributed by atoms with Gasteiger partial charge in [0.05, 0.1) is 11.0 Å². The van der Waals surface area contributed by atoms with Crippen LogP contribution in [0.5, 0.6) is 0 Å². The van der Waals surface area contributed by atoms with Crippen LogP contribution in [-0.4, -0.2) is 9.55 Å². The third kappa shape index (κ3) is 2.39. The smallest absolute Gasteiger partial charge is 0.145 e. The van der Waals surface area contributed by atoms with Gasteiger partial charge in [-0.25, -0.2) is 4.98 Å². The van der Waals surface area contributed by atoms with E-state index in [9.17, 15) is 0 Å². The predicted molar refractivity (Wildman–Crippen MR) is 151 cm³/mol. The second-order valence-corrected chi connectivity index (χ2v) is 10.4. The van der Waals surface area contributed by atoms with Gasteiger partial charge in [-0.05, 0) is 45.0 Å². The Labute approximate surface area is 209 Å². The molecule has 0 unspecified atom stereocenters. The topological polar surface area (TPSA) is 17.8 Å². The van der Waals surface area contributed by atoms with Gasteiger partial charge in [-0.2, -0.15) is 0 Å². The third-order valence-electron chi connectivity index (χ3n) is 8.23. The summed E-state index contributed by atoms with van der Waals surface area (Å²) in [6, 6.07) is 37.5. The molecule has 0 aliphatic heterocycles. The van der Waals surface area contributed by atoms with Crippen LogP contribution < -0.4 is 0 Å². The fourth-order valence-electron chi connectivity index (χ4n) is 6.54. The van der Waals surface area contributed by atoms with E-state index in [0.29, 0.717) is 0 Å². The molecule has 1 aliphatic carbocycles. The fraction of sp³-hybridized carbons (Fsp3) is 0.0882. The van der Waals surface area contributed by atoms with E-state index in [-0.39, 0.29) is 5.41 Å². The standard InChI is InChI=1S/C34H24N2/c1-34(2)27-17-15-21-9-3-5-11-23(21)30(27)31-28(34)18-16-26-25-13-7-8-14-29(25)36(32(26)31)33-24-12-6-4-10-22(24)19-20-35-33/h3-20H,1-2H3. The summed E-state index contributed by atoms with van der Waals surface area (Å²) in [7, 11) is 0. The fourth-order valence-corrected chi connectivity index (χ4v) is 6.54. The van der Waals surface area contributed by atoms with Crippen molar-refractivity contribution in [1.82, 2.24) is 9.55 Å². The van der Waals surface area contributed by atoms with E-state index in [2.05, 4.69) is 122 Å². The van der Waals surface area contributed by atoms with Gasteiger partial charge in [0.15, 0.2) is 0 Å². The highest BCUT2D eigenvalue weighted by Gasteiger charge is 2.38. The molecule has 0 fully saturated rings. The van der Waals surface area contributed by atoms with Gasteiger partial charge in [-0.15, -0.1) is 0 Å². The molecule has 7 aromatic rings.